The van der Waals surface area contributed by atoms with Gasteiger partial charge in [-0.05, 0) is 38.0 Å². The molecule has 0 aromatic heterocycles. The van der Waals surface area contributed by atoms with Gasteiger partial charge in [0.05, 0.1) is 12.3 Å². The predicted octanol–water partition coefficient (Wildman–Crippen LogP) is 2.78. The summed E-state index contributed by atoms with van der Waals surface area (Å²) in [4.78, 5) is 16.3. The molecule has 9 heteroatoms. The molecule has 1 atom stereocenters. The number of guanidine groups is 1. The topological polar surface area (TPSA) is 99.7 Å². The Hall–Kier alpha value is -1.36. The number of hydrogen-bond donors (Lipinski definition) is 3. The Morgan fingerprint density at radius 2 is 1.75 bits per heavy atom. The largest absolute Gasteiger partial charge is 0.357 e. The Morgan fingerprint density at radius 1 is 1.14 bits per heavy atom. The van der Waals surface area contributed by atoms with Crippen molar-refractivity contribution in [3.05, 3.63) is 29.8 Å². The molecule has 1 amide bonds. The Balaban J connectivity index is 0.00000729. The van der Waals surface area contributed by atoms with Crippen LogP contribution in [0.2, 0.25) is 0 Å². The molecule has 160 valence electrons. The molecule has 1 aromatic rings. The molecule has 1 unspecified atom stereocenters. The summed E-state index contributed by atoms with van der Waals surface area (Å²) in [7, 11) is -2.97. The zero-order chi connectivity index (χ0) is 20.4. The van der Waals surface area contributed by atoms with E-state index in [1.807, 2.05) is 52.0 Å². The number of halogens is 1. The Kier molecular flexibility index (Phi) is 12.3. The van der Waals surface area contributed by atoms with Crippen LogP contribution in [0, 0.1) is 5.92 Å². The zero-order valence-corrected chi connectivity index (χ0v) is 20.4. The highest BCUT2D eigenvalue weighted by Gasteiger charge is 2.10. The fraction of sp³-hybridized carbons (Fsp3) is 0.579. The maximum atomic E-state index is 11.7. The Morgan fingerprint density at radius 3 is 2.25 bits per heavy atom. The molecule has 0 fully saturated rings. The molecular weight excluding hydrogens is 491 g/mol. The fourth-order valence-corrected chi connectivity index (χ4v) is 2.95. The minimum atomic E-state index is -2.97. The average molecular weight is 524 g/mol. The van der Waals surface area contributed by atoms with Crippen molar-refractivity contribution in [2.24, 2.45) is 10.9 Å². The van der Waals surface area contributed by atoms with Crippen molar-refractivity contribution in [2.75, 3.05) is 23.9 Å². The van der Waals surface area contributed by atoms with E-state index < -0.39 is 9.84 Å². The van der Waals surface area contributed by atoms with Gasteiger partial charge in [0.15, 0.2) is 5.96 Å². The number of nitrogens with one attached hydrogen (secondary N) is 3. The van der Waals surface area contributed by atoms with Gasteiger partial charge in [-0.15, -0.1) is 24.0 Å². The van der Waals surface area contributed by atoms with Gasteiger partial charge in [-0.2, -0.15) is 0 Å². The van der Waals surface area contributed by atoms with Crippen molar-refractivity contribution in [1.29, 1.82) is 0 Å². The maximum Gasteiger partial charge on any atom is 0.226 e. The van der Waals surface area contributed by atoms with E-state index in [1.165, 1.54) is 6.26 Å². The van der Waals surface area contributed by atoms with E-state index in [0.29, 0.717) is 25.5 Å². The third-order valence-corrected chi connectivity index (χ3v) is 4.79. The highest BCUT2D eigenvalue weighted by molar-refractivity contribution is 14.0. The van der Waals surface area contributed by atoms with Gasteiger partial charge in [-0.25, -0.2) is 13.4 Å². The zero-order valence-electron chi connectivity index (χ0n) is 17.3. The van der Waals surface area contributed by atoms with Crippen LogP contribution in [-0.2, 0) is 21.2 Å². The second kappa shape index (κ2) is 13.0. The second-order valence-electron chi connectivity index (χ2n) is 7.00. The van der Waals surface area contributed by atoms with Gasteiger partial charge >= 0.3 is 0 Å². The van der Waals surface area contributed by atoms with E-state index in [1.54, 1.807) is 0 Å². The minimum Gasteiger partial charge on any atom is -0.357 e. The SMILES string of the molecule is CCNC(=NCc1ccc(NC(=O)C(C)C)cc1)NC(C)CCS(C)(=O)=O.I. The van der Waals surface area contributed by atoms with Gasteiger partial charge in [0.1, 0.15) is 9.84 Å². The van der Waals surface area contributed by atoms with E-state index in [2.05, 4.69) is 20.9 Å². The smallest absolute Gasteiger partial charge is 0.226 e. The summed E-state index contributed by atoms with van der Waals surface area (Å²) in [6, 6.07) is 7.57. The summed E-state index contributed by atoms with van der Waals surface area (Å²) in [5.74, 6) is 0.718. The first-order valence-electron chi connectivity index (χ1n) is 9.23. The third-order valence-electron chi connectivity index (χ3n) is 3.81. The summed E-state index contributed by atoms with van der Waals surface area (Å²) in [6.45, 7) is 8.81. The molecule has 1 aromatic carbocycles. The summed E-state index contributed by atoms with van der Waals surface area (Å²) < 4.78 is 22.6. The van der Waals surface area contributed by atoms with Gasteiger partial charge in [0.2, 0.25) is 5.91 Å². The number of anilines is 1. The lowest BCUT2D eigenvalue weighted by Gasteiger charge is -2.17. The molecule has 1 rings (SSSR count). The van der Waals surface area contributed by atoms with Crippen LogP contribution < -0.4 is 16.0 Å². The quantitative estimate of drug-likeness (QED) is 0.262. The van der Waals surface area contributed by atoms with Crippen molar-refractivity contribution in [2.45, 2.75) is 46.7 Å². The molecule has 0 aliphatic heterocycles. The van der Waals surface area contributed by atoms with Crippen LogP contribution in [0.5, 0.6) is 0 Å². The summed E-state index contributed by atoms with van der Waals surface area (Å²) in [5, 5.41) is 9.25. The van der Waals surface area contributed by atoms with E-state index in [0.717, 1.165) is 11.3 Å². The van der Waals surface area contributed by atoms with Crippen molar-refractivity contribution in [3.63, 3.8) is 0 Å². The molecule has 0 spiro atoms. The highest BCUT2D eigenvalue weighted by atomic mass is 127. The standard InChI is InChI=1S/C19H32N4O3S.HI/c1-6-20-19(22-15(4)11-12-27(5,25)26)21-13-16-7-9-17(10-8-16)23-18(24)14(2)3;/h7-10,14-15H,6,11-13H2,1-5H3,(H,23,24)(H2,20,21,22);1H. The van der Waals surface area contributed by atoms with Crippen LogP contribution in [0.15, 0.2) is 29.3 Å². The lowest BCUT2D eigenvalue weighted by atomic mass is 10.1. The first-order chi connectivity index (χ1) is 12.6. The molecule has 3 N–H and O–H groups in total. The molecule has 0 bridgehead atoms. The van der Waals surface area contributed by atoms with E-state index >= 15 is 0 Å². The summed E-state index contributed by atoms with van der Waals surface area (Å²) in [5.41, 5.74) is 1.78. The number of amides is 1. The summed E-state index contributed by atoms with van der Waals surface area (Å²) in [6.07, 6.45) is 1.76. The molecule has 0 aliphatic carbocycles. The molecule has 28 heavy (non-hydrogen) atoms. The Labute approximate surface area is 186 Å². The summed E-state index contributed by atoms with van der Waals surface area (Å²) >= 11 is 0. The maximum absolute atomic E-state index is 11.7. The lowest BCUT2D eigenvalue weighted by Crippen LogP contribution is -2.42. The lowest BCUT2D eigenvalue weighted by molar-refractivity contribution is -0.118. The molecule has 0 saturated heterocycles. The Bertz CT molecular complexity index is 734. The third kappa shape index (κ3) is 11.5. The van der Waals surface area contributed by atoms with Crippen LogP contribution in [0.1, 0.15) is 39.7 Å². The molecular formula is C19H33IN4O3S. The number of carbonyl (C=O) groups is 1. The van der Waals surface area contributed by atoms with Crippen LogP contribution in [0.4, 0.5) is 5.69 Å². The van der Waals surface area contributed by atoms with Crippen LogP contribution in [-0.4, -0.2) is 44.9 Å². The molecule has 7 nitrogen and oxygen atoms in total. The van der Waals surface area contributed by atoms with Gasteiger partial charge in [-0.3, -0.25) is 4.79 Å². The van der Waals surface area contributed by atoms with Crippen molar-refractivity contribution in [3.8, 4) is 0 Å². The fourth-order valence-electron chi connectivity index (χ4n) is 2.17. The average Bonchev–Trinajstić information content (AvgIpc) is 2.58. The van der Waals surface area contributed by atoms with Crippen molar-refractivity contribution in [1.82, 2.24) is 10.6 Å². The number of benzene rings is 1. The first-order valence-corrected chi connectivity index (χ1v) is 11.3. The van der Waals surface area contributed by atoms with Crippen molar-refractivity contribution < 1.29 is 13.2 Å². The highest BCUT2D eigenvalue weighted by Crippen LogP contribution is 2.11. The number of rotatable bonds is 9. The monoisotopic (exact) mass is 524 g/mol. The van der Waals surface area contributed by atoms with E-state index in [-0.39, 0.29) is 47.6 Å². The number of carbonyl (C=O) groups excluding carboxylic acids is 1. The van der Waals surface area contributed by atoms with E-state index in [4.69, 9.17) is 0 Å². The van der Waals surface area contributed by atoms with Crippen molar-refractivity contribution >= 4 is 51.4 Å². The second-order valence-corrected chi connectivity index (χ2v) is 9.26. The van der Waals surface area contributed by atoms with Gasteiger partial charge in [0, 0.05) is 30.4 Å². The number of aliphatic imine (C=N–C) groups is 1. The molecule has 0 heterocycles. The molecule has 0 radical (unpaired) electrons. The minimum absolute atomic E-state index is 0. The number of hydrogen-bond acceptors (Lipinski definition) is 4. The molecule has 0 aliphatic rings. The molecule has 0 saturated carbocycles. The van der Waals surface area contributed by atoms with Gasteiger partial charge in [0.25, 0.3) is 0 Å². The van der Waals surface area contributed by atoms with Crippen LogP contribution >= 0.6 is 24.0 Å². The number of sulfone groups is 1. The van der Waals surface area contributed by atoms with E-state index in [9.17, 15) is 13.2 Å². The van der Waals surface area contributed by atoms with Crippen LogP contribution in [0.25, 0.3) is 0 Å². The predicted molar refractivity (Wildman–Crippen MR) is 127 cm³/mol. The number of nitrogens with zero attached hydrogens (tertiary/aromatic N) is 1. The first kappa shape index (κ1) is 26.6. The van der Waals surface area contributed by atoms with Gasteiger partial charge in [-0.1, -0.05) is 26.0 Å². The van der Waals surface area contributed by atoms with Gasteiger partial charge < -0.3 is 16.0 Å². The van der Waals surface area contributed by atoms with Crippen LogP contribution in [0.3, 0.4) is 0 Å². The normalized spacial score (nSPS) is 12.9.